The first-order chi connectivity index (χ1) is 10.0. The summed E-state index contributed by atoms with van der Waals surface area (Å²) < 4.78 is 28.1. The first kappa shape index (κ1) is 13.8. The van der Waals surface area contributed by atoms with Crippen LogP contribution < -0.4 is 4.72 Å². The van der Waals surface area contributed by atoms with Crippen molar-refractivity contribution in [1.82, 2.24) is 24.2 Å². The summed E-state index contributed by atoms with van der Waals surface area (Å²) in [6, 6.07) is 7.68. The van der Waals surface area contributed by atoms with Gasteiger partial charge >= 0.3 is 0 Å². The lowest BCUT2D eigenvalue weighted by Crippen LogP contribution is -2.26. The number of benzene rings is 1. The number of hydrogen-bond acceptors (Lipinski definition) is 4. The summed E-state index contributed by atoms with van der Waals surface area (Å²) in [5, 5.41) is 0.0228. The van der Waals surface area contributed by atoms with E-state index in [4.69, 9.17) is 0 Å². The van der Waals surface area contributed by atoms with Gasteiger partial charge in [-0.2, -0.15) is 0 Å². The molecule has 110 valence electrons. The molecule has 0 saturated carbocycles. The van der Waals surface area contributed by atoms with E-state index in [0.29, 0.717) is 6.42 Å². The molecule has 0 atom stereocenters. The fourth-order valence-electron chi connectivity index (χ4n) is 2.03. The fourth-order valence-corrected chi connectivity index (χ4v) is 3.04. The Morgan fingerprint density at radius 2 is 2.14 bits per heavy atom. The van der Waals surface area contributed by atoms with Crippen LogP contribution in [-0.4, -0.2) is 34.5 Å². The molecule has 0 aliphatic carbocycles. The van der Waals surface area contributed by atoms with Gasteiger partial charge < -0.3 is 9.55 Å². The van der Waals surface area contributed by atoms with Crippen molar-refractivity contribution in [1.29, 1.82) is 0 Å². The van der Waals surface area contributed by atoms with Crippen molar-refractivity contribution in [3.05, 3.63) is 42.6 Å². The lowest BCUT2D eigenvalue weighted by atomic mass is 10.3. The summed E-state index contributed by atoms with van der Waals surface area (Å²) in [6.45, 7) is 0.263. The van der Waals surface area contributed by atoms with Crippen LogP contribution in [0.15, 0.2) is 41.8 Å². The largest absolute Gasteiger partial charge is 0.342 e. The van der Waals surface area contributed by atoms with Crippen LogP contribution in [0, 0.1) is 0 Å². The van der Waals surface area contributed by atoms with Crippen molar-refractivity contribution in [3.63, 3.8) is 0 Å². The Balaban J connectivity index is 1.65. The van der Waals surface area contributed by atoms with Gasteiger partial charge in [0.05, 0.1) is 17.4 Å². The first-order valence-electron chi connectivity index (χ1n) is 6.46. The quantitative estimate of drug-likeness (QED) is 0.730. The number of nitrogens with one attached hydrogen (secondary N) is 2. The smallest absolute Gasteiger partial charge is 0.259 e. The average Bonchev–Trinajstić information content (AvgIpc) is 3.04. The van der Waals surface area contributed by atoms with Gasteiger partial charge in [-0.1, -0.05) is 12.1 Å². The minimum Gasteiger partial charge on any atom is -0.342 e. The highest BCUT2D eigenvalue weighted by molar-refractivity contribution is 7.89. The molecule has 0 aliphatic rings. The van der Waals surface area contributed by atoms with Crippen LogP contribution >= 0.6 is 0 Å². The third-order valence-electron chi connectivity index (χ3n) is 3.05. The van der Waals surface area contributed by atoms with Gasteiger partial charge in [0.25, 0.3) is 10.0 Å². The Hall–Kier alpha value is -2.19. The van der Waals surface area contributed by atoms with E-state index in [0.717, 1.165) is 16.9 Å². The highest BCUT2D eigenvalue weighted by Crippen LogP contribution is 2.10. The van der Waals surface area contributed by atoms with Crippen molar-refractivity contribution in [2.24, 2.45) is 7.05 Å². The molecule has 0 aliphatic heterocycles. The van der Waals surface area contributed by atoms with Gasteiger partial charge in [-0.25, -0.2) is 23.1 Å². The molecular weight excluding hydrogens is 290 g/mol. The number of aromatic amines is 1. The Morgan fingerprint density at radius 1 is 1.33 bits per heavy atom. The molecule has 0 saturated heterocycles. The molecule has 3 aromatic rings. The van der Waals surface area contributed by atoms with E-state index >= 15 is 0 Å². The summed E-state index contributed by atoms with van der Waals surface area (Å²) in [7, 11) is -1.84. The van der Waals surface area contributed by atoms with E-state index in [9.17, 15) is 8.42 Å². The number of fused-ring (bicyclic) bond motifs is 1. The summed E-state index contributed by atoms with van der Waals surface area (Å²) in [4.78, 5) is 11.4. The highest BCUT2D eigenvalue weighted by Gasteiger charge is 2.16. The van der Waals surface area contributed by atoms with Gasteiger partial charge in [-0.15, -0.1) is 0 Å². The Bertz CT molecular complexity index is 832. The Kier molecular flexibility index (Phi) is 3.48. The lowest BCUT2D eigenvalue weighted by Gasteiger charge is -2.02. The summed E-state index contributed by atoms with van der Waals surface area (Å²) in [6.07, 6.45) is 3.40. The molecule has 2 aromatic heterocycles. The Labute approximate surface area is 122 Å². The van der Waals surface area contributed by atoms with E-state index in [1.807, 2.05) is 24.3 Å². The van der Waals surface area contributed by atoms with Crippen LogP contribution in [0.4, 0.5) is 0 Å². The molecule has 0 spiro atoms. The number of imidazole rings is 2. The van der Waals surface area contributed by atoms with Crippen LogP contribution in [0.1, 0.15) is 5.82 Å². The zero-order chi connectivity index (χ0) is 14.9. The number of hydrogen-bond donors (Lipinski definition) is 2. The molecule has 0 radical (unpaired) electrons. The molecule has 0 amide bonds. The molecule has 0 fully saturated rings. The number of rotatable bonds is 5. The standard InChI is InChI=1S/C13H15N5O2S/c1-18-8-13(14-9-18)21(19,20)15-7-6-12-16-10-4-2-3-5-11(10)17-12/h2-5,8-9,15H,6-7H2,1H3,(H,16,17). The predicted molar refractivity (Wildman–Crippen MR) is 78.2 cm³/mol. The van der Waals surface area contributed by atoms with E-state index in [-0.39, 0.29) is 11.6 Å². The maximum Gasteiger partial charge on any atom is 0.259 e. The molecule has 1 aromatic carbocycles. The second kappa shape index (κ2) is 5.30. The monoisotopic (exact) mass is 305 g/mol. The molecule has 2 heterocycles. The van der Waals surface area contributed by atoms with Crippen LogP contribution in [-0.2, 0) is 23.5 Å². The van der Waals surface area contributed by atoms with E-state index < -0.39 is 10.0 Å². The number of para-hydroxylation sites is 2. The average molecular weight is 305 g/mol. The van der Waals surface area contributed by atoms with Gasteiger partial charge in [-0.3, -0.25) is 0 Å². The predicted octanol–water partition coefficient (Wildman–Crippen LogP) is 0.817. The lowest BCUT2D eigenvalue weighted by molar-refractivity contribution is 0.577. The molecular formula is C13H15N5O2S. The van der Waals surface area contributed by atoms with E-state index in [1.54, 1.807) is 11.6 Å². The van der Waals surface area contributed by atoms with E-state index in [1.165, 1.54) is 12.5 Å². The van der Waals surface area contributed by atoms with Crippen molar-refractivity contribution >= 4 is 21.1 Å². The summed E-state index contributed by atoms with van der Waals surface area (Å²) in [5.41, 5.74) is 1.82. The second-order valence-electron chi connectivity index (χ2n) is 4.73. The zero-order valence-electron chi connectivity index (χ0n) is 11.4. The van der Waals surface area contributed by atoms with Crippen LogP contribution in [0.2, 0.25) is 0 Å². The molecule has 21 heavy (non-hydrogen) atoms. The maximum atomic E-state index is 12.0. The van der Waals surface area contributed by atoms with Gasteiger partial charge in [0.1, 0.15) is 5.82 Å². The van der Waals surface area contributed by atoms with Gasteiger partial charge in [0, 0.05) is 26.2 Å². The van der Waals surface area contributed by atoms with Gasteiger partial charge in [0.2, 0.25) is 0 Å². The van der Waals surface area contributed by atoms with Crippen LogP contribution in [0.3, 0.4) is 0 Å². The molecule has 3 rings (SSSR count). The van der Waals surface area contributed by atoms with Crippen molar-refractivity contribution in [2.75, 3.05) is 6.54 Å². The van der Waals surface area contributed by atoms with E-state index in [2.05, 4.69) is 19.7 Å². The third-order valence-corrected chi connectivity index (χ3v) is 4.39. The minimum atomic E-state index is -3.56. The number of nitrogens with zero attached hydrogens (tertiary/aromatic N) is 3. The zero-order valence-corrected chi connectivity index (χ0v) is 12.3. The second-order valence-corrected chi connectivity index (χ2v) is 6.44. The summed E-state index contributed by atoms with van der Waals surface area (Å²) >= 11 is 0. The Morgan fingerprint density at radius 3 is 2.86 bits per heavy atom. The minimum absolute atomic E-state index is 0.0228. The molecule has 0 bridgehead atoms. The van der Waals surface area contributed by atoms with Crippen molar-refractivity contribution < 1.29 is 8.42 Å². The molecule has 7 nitrogen and oxygen atoms in total. The normalized spacial score (nSPS) is 12.0. The first-order valence-corrected chi connectivity index (χ1v) is 7.94. The summed E-state index contributed by atoms with van der Waals surface area (Å²) in [5.74, 6) is 0.750. The number of aryl methyl sites for hydroxylation is 1. The SMILES string of the molecule is Cn1cnc(S(=O)(=O)NCCc2nc3ccccc3[nH]2)c1. The third kappa shape index (κ3) is 2.96. The van der Waals surface area contributed by atoms with Crippen molar-refractivity contribution in [3.8, 4) is 0 Å². The fraction of sp³-hybridized carbons (Fsp3) is 0.231. The maximum absolute atomic E-state index is 12.0. The molecule has 8 heteroatoms. The van der Waals surface area contributed by atoms with Crippen molar-refractivity contribution in [2.45, 2.75) is 11.4 Å². The number of aromatic nitrogens is 4. The van der Waals surface area contributed by atoms with Gasteiger partial charge in [0.15, 0.2) is 5.03 Å². The van der Waals surface area contributed by atoms with Gasteiger partial charge in [-0.05, 0) is 12.1 Å². The highest BCUT2D eigenvalue weighted by atomic mass is 32.2. The topological polar surface area (TPSA) is 92.7 Å². The van der Waals surface area contributed by atoms with Crippen LogP contribution in [0.25, 0.3) is 11.0 Å². The number of sulfonamides is 1. The van der Waals surface area contributed by atoms with Crippen LogP contribution in [0.5, 0.6) is 0 Å². The molecule has 2 N–H and O–H groups in total. The molecule has 0 unspecified atom stereocenters. The number of H-pyrrole nitrogens is 1.